The summed E-state index contributed by atoms with van der Waals surface area (Å²) in [4.78, 5) is 20.1. The molecule has 162 valence electrons. The minimum absolute atomic E-state index is 0.0826. The summed E-state index contributed by atoms with van der Waals surface area (Å²) < 4.78 is 11.5. The Kier molecular flexibility index (Phi) is 5.87. The van der Waals surface area contributed by atoms with E-state index in [1.807, 2.05) is 30.3 Å². The summed E-state index contributed by atoms with van der Waals surface area (Å²) in [5.74, 6) is 1.34. The number of nitrogens with zero attached hydrogens (tertiary/aromatic N) is 5. The molecule has 5 rings (SSSR count). The van der Waals surface area contributed by atoms with Crippen molar-refractivity contribution in [2.45, 2.75) is 12.6 Å². The molecule has 0 radical (unpaired) electrons. The molecule has 8 heteroatoms. The number of rotatable bonds is 6. The third-order valence-electron chi connectivity index (χ3n) is 5.44. The molecule has 0 bridgehead atoms. The smallest absolute Gasteiger partial charge is 0.227 e. The lowest BCUT2D eigenvalue weighted by Gasteiger charge is -2.32. The SMILES string of the molecule is COc1cccc2ccc(CN3CCO[C@@H](c4ccc(Nc5ncccn5)cn4)C3)nc12. The van der Waals surface area contributed by atoms with Crippen molar-refractivity contribution < 1.29 is 9.47 Å². The Morgan fingerprint density at radius 2 is 1.97 bits per heavy atom. The Hall–Kier alpha value is -3.62. The summed E-state index contributed by atoms with van der Waals surface area (Å²) >= 11 is 0. The second kappa shape index (κ2) is 9.25. The lowest BCUT2D eigenvalue weighted by Crippen LogP contribution is -2.38. The highest BCUT2D eigenvalue weighted by molar-refractivity contribution is 5.84. The molecule has 1 N–H and O–H groups in total. The largest absolute Gasteiger partial charge is 0.494 e. The Balaban J connectivity index is 1.26. The van der Waals surface area contributed by atoms with Crippen LogP contribution in [-0.4, -0.2) is 51.6 Å². The summed E-state index contributed by atoms with van der Waals surface area (Å²) in [7, 11) is 1.68. The highest BCUT2D eigenvalue weighted by Gasteiger charge is 2.23. The Labute approximate surface area is 186 Å². The number of anilines is 2. The number of nitrogens with one attached hydrogen (secondary N) is 1. The molecule has 3 aromatic heterocycles. The average Bonchev–Trinajstić information content (AvgIpc) is 2.85. The highest BCUT2D eigenvalue weighted by Crippen LogP contribution is 2.26. The molecule has 1 aliphatic heterocycles. The summed E-state index contributed by atoms with van der Waals surface area (Å²) in [6.07, 6.45) is 5.09. The second-order valence-corrected chi connectivity index (χ2v) is 7.60. The van der Waals surface area contributed by atoms with E-state index in [4.69, 9.17) is 14.5 Å². The molecule has 1 atom stereocenters. The molecule has 0 aliphatic carbocycles. The van der Waals surface area contributed by atoms with Crippen LogP contribution in [0.4, 0.5) is 11.6 Å². The van der Waals surface area contributed by atoms with E-state index in [-0.39, 0.29) is 6.10 Å². The van der Waals surface area contributed by atoms with E-state index < -0.39 is 0 Å². The average molecular weight is 428 g/mol. The first kappa shape index (κ1) is 20.3. The van der Waals surface area contributed by atoms with Crippen molar-refractivity contribution in [3.8, 4) is 5.75 Å². The van der Waals surface area contributed by atoms with Crippen molar-refractivity contribution in [1.82, 2.24) is 24.8 Å². The van der Waals surface area contributed by atoms with E-state index in [0.29, 0.717) is 12.6 Å². The number of pyridine rings is 2. The highest BCUT2D eigenvalue weighted by atomic mass is 16.5. The van der Waals surface area contributed by atoms with Gasteiger partial charge in [-0.3, -0.25) is 9.88 Å². The minimum atomic E-state index is -0.0826. The fourth-order valence-corrected chi connectivity index (χ4v) is 3.83. The molecule has 0 spiro atoms. The van der Waals surface area contributed by atoms with Crippen LogP contribution in [0.5, 0.6) is 5.75 Å². The molecule has 4 aromatic rings. The molecular weight excluding hydrogens is 404 g/mol. The van der Waals surface area contributed by atoms with Gasteiger partial charge in [-0.25, -0.2) is 15.0 Å². The summed E-state index contributed by atoms with van der Waals surface area (Å²) in [5, 5.41) is 4.22. The molecule has 0 unspecified atom stereocenters. The zero-order valence-corrected chi connectivity index (χ0v) is 17.8. The van der Waals surface area contributed by atoms with E-state index in [0.717, 1.165) is 53.4 Å². The van der Waals surface area contributed by atoms with Gasteiger partial charge in [0.25, 0.3) is 0 Å². The van der Waals surface area contributed by atoms with Crippen molar-refractivity contribution in [1.29, 1.82) is 0 Å². The van der Waals surface area contributed by atoms with Crippen LogP contribution in [0.3, 0.4) is 0 Å². The van der Waals surface area contributed by atoms with Gasteiger partial charge in [0.05, 0.1) is 37.0 Å². The minimum Gasteiger partial charge on any atom is -0.494 e. The number of benzene rings is 1. The second-order valence-electron chi connectivity index (χ2n) is 7.60. The molecule has 0 saturated carbocycles. The molecule has 1 aromatic carbocycles. The van der Waals surface area contributed by atoms with Gasteiger partial charge in [0, 0.05) is 37.4 Å². The van der Waals surface area contributed by atoms with E-state index in [1.165, 1.54) is 0 Å². The summed E-state index contributed by atoms with van der Waals surface area (Å²) in [5.41, 5.74) is 3.65. The third kappa shape index (κ3) is 4.51. The van der Waals surface area contributed by atoms with Crippen molar-refractivity contribution in [2.75, 3.05) is 32.1 Å². The van der Waals surface area contributed by atoms with Crippen LogP contribution in [0.15, 0.2) is 67.1 Å². The monoisotopic (exact) mass is 428 g/mol. The van der Waals surface area contributed by atoms with Crippen LogP contribution in [0.25, 0.3) is 10.9 Å². The number of aromatic nitrogens is 4. The van der Waals surface area contributed by atoms with Gasteiger partial charge < -0.3 is 14.8 Å². The maximum atomic E-state index is 6.01. The fraction of sp³-hybridized carbons (Fsp3) is 0.250. The van der Waals surface area contributed by atoms with Gasteiger partial charge in [0.1, 0.15) is 17.4 Å². The number of hydrogen-bond acceptors (Lipinski definition) is 8. The first-order valence-electron chi connectivity index (χ1n) is 10.5. The number of morpholine rings is 1. The van der Waals surface area contributed by atoms with Gasteiger partial charge in [-0.05, 0) is 30.3 Å². The number of hydrogen-bond donors (Lipinski definition) is 1. The zero-order valence-electron chi connectivity index (χ0n) is 17.8. The molecule has 1 aliphatic rings. The third-order valence-corrected chi connectivity index (χ3v) is 5.44. The van der Waals surface area contributed by atoms with Crippen LogP contribution in [0.1, 0.15) is 17.5 Å². The topological polar surface area (TPSA) is 85.3 Å². The van der Waals surface area contributed by atoms with Crippen LogP contribution in [0, 0.1) is 0 Å². The summed E-state index contributed by atoms with van der Waals surface area (Å²) in [6, 6.07) is 15.9. The van der Waals surface area contributed by atoms with Crippen molar-refractivity contribution in [2.24, 2.45) is 0 Å². The number of methoxy groups -OCH3 is 1. The van der Waals surface area contributed by atoms with Gasteiger partial charge in [0.2, 0.25) is 5.95 Å². The normalized spacial score (nSPS) is 16.7. The summed E-state index contributed by atoms with van der Waals surface area (Å²) in [6.45, 7) is 3.01. The van der Waals surface area contributed by atoms with Gasteiger partial charge in [-0.1, -0.05) is 18.2 Å². The van der Waals surface area contributed by atoms with Gasteiger partial charge in [-0.2, -0.15) is 0 Å². The lowest BCUT2D eigenvalue weighted by atomic mass is 10.1. The molecule has 4 heterocycles. The zero-order chi connectivity index (χ0) is 21.8. The van der Waals surface area contributed by atoms with Crippen LogP contribution >= 0.6 is 0 Å². The standard InChI is InChI=1S/C24H24N6O2/c1-31-21-5-2-4-17-6-7-19(28-23(17)21)15-30-12-13-32-22(16-30)20-9-8-18(14-27-20)29-24-25-10-3-11-26-24/h2-11,14,22H,12-13,15-16H2,1H3,(H,25,26,29)/t22-/m1/s1. The quantitative estimate of drug-likeness (QED) is 0.497. The maximum absolute atomic E-state index is 6.01. The predicted molar refractivity (Wildman–Crippen MR) is 122 cm³/mol. The van der Waals surface area contributed by atoms with E-state index >= 15 is 0 Å². The first-order chi connectivity index (χ1) is 15.8. The number of para-hydroxylation sites is 1. The molecule has 8 nitrogen and oxygen atoms in total. The van der Waals surface area contributed by atoms with E-state index in [2.05, 4.69) is 37.3 Å². The molecule has 0 amide bonds. The fourth-order valence-electron chi connectivity index (χ4n) is 3.83. The van der Waals surface area contributed by atoms with Gasteiger partial charge >= 0.3 is 0 Å². The Bertz CT molecular complexity index is 1190. The Morgan fingerprint density at radius 3 is 2.78 bits per heavy atom. The van der Waals surface area contributed by atoms with E-state index in [1.54, 1.807) is 31.8 Å². The van der Waals surface area contributed by atoms with Crippen molar-refractivity contribution >= 4 is 22.5 Å². The van der Waals surface area contributed by atoms with Crippen LogP contribution in [0.2, 0.25) is 0 Å². The van der Waals surface area contributed by atoms with Crippen LogP contribution < -0.4 is 10.1 Å². The van der Waals surface area contributed by atoms with Crippen molar-refractivity contribution in [3.05, 3.63) is 78.5 Å². The number of ether oxygens (including phenoxy) is 2. The van der Waals surface area contributed by atoms with Crippen LogP contribution in [-0.2, 0) is 11.3 Å². The lowest BCUT2D eigenvalue weighted by molar-refractivity contribution is -0.0353. The number of fused-ring (bicyclic) bond motifs is 1. The molecule has 1 saturated heterocycles. The maximum Gasteiger partial charge on any atom is 0.227 e. The van der Waals surface area contributed by atoms with E-state index in [9.17, 15) is 0 Å². The molecule has 32 heavy (non-hydrogen) atoms. The molecule has 1 fully saturated rings. The molecular formula is C24H24N6O2. The predicted octanol–water partition coefficient (Wildman–Crippen LogP) is 3.75. The van der Waals surface area contributed by atoms with Gasteiger partial charge in [-0.15, -0.1) is 0 Å². The Morgan fingerprint density at radius 1 is 1.06 bits per heavy atom. The first-order valence-corrected chi connectivity index (χ1v) is 10.5. The van der Waals surface area contributed by atoms with Crippen molar-refractivity contribution in [3.63, 3.8) is 0 Å². The van der Waals surface area contributed by atoms with Gasteiger partial charge in [0.15, 0.2) is 0 Å².